The molecule has 0 amide bonds. The highest BCUT2D eigenvalue weighted by atomic mass is 79.9. The van der Waals surface area contributed by atoms with Crippen LogP contribution < -0.4 is 10.1 Å². The fourth-order valence-corrected chi connectivity index (χ4v) is 3.13. The fraction of sp³-hybridized carbons (Fsp3) is 0.294. The number of methoxy groups -OCH3 is 1. The molecule has 2 rings (SSSR count). The largest absolute Gasteiger partial charge is 0.496 e. The van der Waals surface area contributed by atoms with Crippen molar-refractivity contribution in [2.24, 2.45) is 0 Å². The Balaban J connectivity index is 2.16. The standard InChI is InChI=1S/C17H19BrFNO/c1-11(14-9-8-13(19)10-16(14)18)20-12(2)15-6-4-5-7-17(15)21-3/h4-12,20H,1-3H3/t11?,12-/m0/s1. The van der Waals surface area contributed by atoms with Gasteiger partial charge in [-0.05, 0) is 37.6 Å². The Kier molecular flexibility index (Phi) is 5.37. The predicted octanol–water partition coefficient (Wildman–Crippen LogP) is 5.01. The molecule has 0 heterocycles. The molecule has 4 heteroatoms. The van der Waals surface area contributed by atoms with Crippen molar-refractivity contribution in [1.29, 1.82) is 0 Å². The van der Waals surface area contributed by atoms with Crippen molar-refractivity contribution in [1.82, 2.24) is 5.32 Å². The average molecular weight is 352 g/mol. The molecule has 0 spiro atoms. The normalized spacial score (nSPS) is 13.8. The van der Waals surface area contributed by atoms with Crippen LogP contribution in [0.2, 0.25) is 0 Å². The Morgan fingerprint density at radius 3 is 2.38 bits per heavy atom. The van der Waals surface area contributed by atoms with Gasteiger partial charge in [-0.2, -0.15) is 0 Å². The molecule has 2 aromatic rings. The Bertz CT molecular complexity index is 617. The monoisotopic (exact) mass is 351 g/mol. The Morgan fingerprint density at radius 2 is 1.71 bits per heavy atom. The van der Waals surface area contributed by atoms with Crippen molar-refractivity contribution in [2.45, 2.75) is 25.9 Å². The van der Waals surface area contributed by atoms with Crippen LogP contribution in [0.5, 0.6) is 5.75 Å². The maximum atomic E-state index is 13.2. The molecule has 0 aliphatic carbocycles. The van der Waals surface area contributed by atoms with Gasteiger partial charge < -0.3 is 10.1 Å². The second-order valence-corrected chi connectivity index (χ2v) is 5.87. The Morgan fingerprint density at radius 1 is 1.05 bits per heavy atom. The maximum absolute atomic E-state index is 13.2. The molecule has 0 aromatic heterocycles. The second-order valence-electron chi connectivity index (χ2n) is 5.02. The summed E-state index contributed by atoms with van der Waals surface area (Å²) in [5.74, 6) is 0.624. The molecule has 2 atom stereocenters. The van der Waals surface area contributed by atoms with Crippen molar-refractivity contribution < 1.29 is 9.13 Å². The number of nitrogens with one attached hydrogen (secondary N) is 1. The van der Waals surface area contributed by atoms with Crippen LogP contribution in [0.25, 0.3) is 0 Å². The molecule has 0 aliphatic heterocycles. The van der Waals surface area contributed by atoms with Gasteiger partial charge in [0.15, 0.2) is 0 Å². The Hall–Kier alpha value is -1.39. The van der Waals surface area contributed by atoms with Gasteiger partial charge in [0.2, 0.25) is 0 Å². The molecule has 0 saturated heterocycles. The van der Waals surface area contributed by atoms with Gasteiger partial charge in [0.1, 0.15) is 11.6 Å². The second kappa shape index (κ2) is 7.05. The van der Waals surface area contributed by atoms with Gasteiger partial charge in [0, 0.05) is 22.1 Å². The quantitative estimate of drug-likeness (QED) is 0.817. The topological polar surface area (TPSA) is 21.3 Å². The number of hydrogen-bond acceptors (Lipinski definition) is 2. The fourth-order valence-electron chi connectivity index (χ4n) is 2.43. The van der Waals surface area contributed by atoms with Crippen LogP contribution in [-0.4, -0.2) is 7.11 Å². The number of ether oxygens (including phenoxy) is 1. The molecule has 21 heavy (non-hydrogen) atoms. The molecule has 0 aliphatic rings. The van der Waals surface area contributed by atoms with Crippen LogP contribution in [0.1, 0.15) is 37.1 Å². The summed E-state index contributed by atoms with van der Waals surface area (Å²) in [6.07, 6.45) is 0. The lowest BCUT2D eigenvalue weighted by Gasteiger charge is -2.23. The van der Waals surface area contributed by atoms with E-state index < -0.39 is 0 Å². The highest BCUT2D eigenvalue weighted by molar-refractivity contribution is 9.10. The van der Waals surface area contributed by atoms with Crippen LogP contribution >= 0.6 is 15.9 Å². The average Bonchev–Trinajstić information content (AvgIpc) is 2.46. The number of halogens is 2. The van der Waals surface area contributed by atoms with Crippen LogP contribution in [0.3, 0.4) is 0 Å². The van der Waals surface area contributed by atoms with E-state index in [0.717, 1.165) is 21.3 Å². The molecular weight excluding hydrogens is 333 g/mol. The minimum Gasteiger partial charge on any atom is -0.496 e. The smallest absolute Gasteiger partial charge is 0.124 e. The number of hydrogen-bond donors (Lipinski definition) is 1. The lowest BCUT2D eigenvalue weighted by atomic mass is 10.0. The molecule has 0 radical (unpaired) electrons. The van der Waals surface area contributed by atoms with Crippen LogP contribution in [0, 0.1) is 5.82 Å². The molecule has 112 valence electrons. The van der Waals surface area contributed by atoms with E-state index in [0.29, 0.717) is 0 Å². The lowest BCUT2D eigenvalue weighted by Crippen LogP contribution is -2.23. The van der Waals surface area contributed by atoms with Crippen LogP contribution in [0.15, 0.2) is 46.9 Å². The third kappa shape index (κ3) is 3.83. The van der Waals surface area contributed by atoms with Crippen LogP contribution in [-0.2, 0) is 0 Å². The number of para-hydroxylation sites is 1. The molecule has 0 fully saturated rings. The summed E-state index contributed by atoms with van der Waals surface area (Å²) in [7, 11) is 1.67. The summed E-state index contributed by atoms with van der Waals surface area (Å²) in [5.41, 5.74) is 2.13. The van der Waals surface area contributed by atoms with Gasteiger partial charge in [-0.1, -0.05) is 40.2 Å². The molecule has 0 saturated carbocycles. The molecule has 1 N–H and O–H groups in total. The molecule has 2 aromatic carbocycles. The molecule has 0 bridgehead atoms. The van der Waals surface area contributed by atoms with Gasteiger partial charge in [0.05, 0.1) is 7.11 Å². The highest BCUT2D eigenvalue weighted by Crippen LogP contribution is 2.29. The molecule has 2 nitrogen and oxygen atoms in total. The summed E-state index contributed by atoms with van der Waals surface area (Å²) >= 11 is 3.42. The molecular formula is C17H19BrFNO. The van der Waals surface area contributed by atoms with Crippen molar-refractivity contribution in [3.05, 3.63) is 63.9 Å². The molecule has 1 unspecified atom stereocenters. The van der Waals surface area contributed by atoms with E-state index in [1.165, 1.54) is 12.1 Å². The van der Waals surface area contributed by atoms with E-state index in [-0.39, 0.29) is 17.9 Å². The third-order valence-corrected chi connectivity index (χ3v) is 4.22. The summed E-state index contributed by atoms with van der Waals surface area (Å²) in [4.78, 5) is 0. The minimum atomic E-state index is -0.240. The van der Waals surface area contributed by atoms with Crippen molar-refractivity contribution in [3.8, 4) is 5.75 Å². The summed E-state index contributed by atoms with van der Waals surface area (Å²) < 4.78 is 19.3. The number of rotatable bonds is 5. The van der Waals surface area contributed by atoms with Gasteiger partial charge in [0.25, 0.3) is 0 Å². The first kappa shape index (κ1) is 16.0. The van der Waals surface area contributed by atoms with E-state index in [9.17, 15) is 4.39 Å². The van der Waals surface area contributed by atoms with Gasteiger partial charge in [-0.15, -0.1) is 0 Å². The van der Waals surface area contributed by atoms with Crippen molar-refractivity contribution in [3.63, 3.8) is 0 Å². The van der Waals surface area contributed by atoms with Crippen LogP contribution in [0.4, 0.5) is 4.39 Å². The number of benzene rings is 2. The van der Waals surface area contributed by atoms with Gasteiger partial charge in [-0.3, -0.25) is 0 Å². The first-order chi connectivity index (χ1) is 10.0. The lowest BCUT2D eigenvalue weighted by molar-refractivity contribution is 0.396. The highest BCUT2D eigenvalue weighted by Gasteiger charge is 2.16. The van der Waals surface area contributed by atoms with E-state index in [2.05, 4.69) is 35.1 Å². The minimum absolute atomic E-state index is 0.0832. The van der Waals surface area contributed by atoms with Gasteiger partial charge >= 0.3 is 0 Å². The first-order valence-corrected chi connectivity index (χ1v) is 7.66. The predicted molar refractivity (Wildman–Crippen MR) is 87.1 cm³/mol. The zero-order chi connectivity index (χ0) is 15.4. The maximum Gasteiger partial charge on any atom is 0.124 e. The van der Waals surface area contributed by atoms with Crippen molar-refractivity contribution >= 4 is 15.9 Å². The summed E-state index contributed by atoms with van der Waals surface area (Å²) in [6.45, 7) is 4.15. The van der Waals surface area contributed by atoms with E-state index >= 15 is 0 Å². The van der Waals surface area contributed by atoms with Crippen molar-refractivity contribution in [2.75, 3.05) is 7.11 Å². The first-order valence-electron chi connectivity index (χ1n) is 6.87. The zero-order valence-corrected chi connectivity index (χ0v) is 13.9. The van der Waals surface area contributed by atoms with E-state index in [1.807, 2.05) is 24.3 Å². The van der Waals surface area contributed by atoms with E-state index in [4.69, 9.17) is 4.74 Å². The SMILES string of the molecule is COc1ccccc1[C@H](C)NC(C)c1ccc(F)cc1Br. The summed E-state index contributed by atoms with van der Waals surface area (Å²) in [6, 6.07) is 12.9. The third-order valence-electron chi connectivity index (χ3n) is 3.53. The summed E-state index contributed by atoms with van der Waals surface area (Å²) in [5, 5.41) is 3.51. The Labute approximate surface area is 133 Å². The van der Waals surface area contributed by atoms with E-state index in [1.54, 1.807) is 13.2 Å². The van der Waals surface area contributed by atoms with Gasteiger partial charge in [-0.25, -0.2) is 4.39 Å². The zero-order valence-electron chi connectivity index (χ0n) is 12.4.